The third kappa shape index (κ3) is 4.12. The summed E-state index contributed by atoms with van der Waals surface area (Å²) in [5, 5.41) is 5.30. The van der Waals surface area contributed by atoms with Crippen molar-refractivity contribution >= 4 is 38.3 Å². The number of aromatic nitrogens is 1. The molecular formula is C13H14BrN3OS. The summed E-state index contributed by atoms with van der Waals surface area (Å²) in [6, 6.07) is 7.29. The van der Waals surface area contributed by atoms with Crippen molar-refractivity contribution < 1.29 is 4.79 Å². The smallest absolute Gasteiger partial charge is 0.257 e. The van der Waals surface area contributed by atoms with E-state index in [0.717, 1.165) is 10.2 Å². The molecule has 100 valence electrons. The van der Waals surface area contributed by atoms with E-state index in [9.17, 15) is 4.79 Å². The first kappa shape index (κ1) is 14.2. The number of nitrogens with zero attached hydrogens (tertiary/aromatic N) is 1. The number of nitrogens with one attached hydrogen (secondary N) is 1. The number of hydrogen-bond donors (Lipinski definition) is 2. The highest BCUT2D eigenvalue weighted by atomic mass is 79.9. The maximum atomic E-state index is 12.0. The zero-order chi connectivity index (χ0) is 13.8. The number of rotatable bonds is 4. The Morgan fingerprint density at radius 1 is 1.58 bits per heavy atom. The molecule has 1 amide bonds. The first-order chi connectivity index (χ1) is 9.04. The molecule has 2 aromatic rings. The van der Waals surface area contributed by atoms with Gasteiger partial charge in [-0.3, -0.25) is 10.1 Å². The third-order valence-electron chi connectivity index (χ3n) is 2.39. The molecule has 1 heterocycles. The number of nitrogens with two attached hydrogens (primary N) is 1. The van der Waals surface area contributed by atoms with Crippen LogP contribution in [0.15, 0.2) is 34.1 Å². The van der Waals surface area contributed by atoms with E-state index in [1.165, 1.54) is 11.3 Å². The van der Waals surface area contributed by atoms with Gasteiger partial charge in [0.1, 0.15) is 0 Å². The fraction of sp³-hybridized carbons (Fsp3) is 0.231. The number of anilines is 1. The number of halogens is 1. The van der Waals surface area contributed by atoms with E-state index in [1.807, 2.05) is 24.4 Å². The molecule has 19 heavy (non-hydrogen) atoms. The summed E-state index contributed by atoms with van der Waals surface area (Å²) < 4.78 is 0.872. The van der Waals surface area contributed by atoms with Gasteiger partial charge in [-0.25, -0.2) is 4.98 Å². The first-order valence-electron chi connectivity index (χ1n) is 5.81. The van der Waals surface area contributed by atoms with Crippen molar-refractivity contribution in [3.8, 4) is 0 Å². The van der Waals surface area contributed by atoms with Gasteiger partial charge in [-0.05, 0) is 25.1 Å². The van der Waals surface area contributed by atoms with Gasteiger partial charge in [-0.1, -0.05) is 22.0 Å². The van der Waals surface area contributed by atoms with Gasteiger partial charge in [0.15, 0.2) is 5.13 Å². The SMILES string of the molecule is CC(N)Cc1csc(NC(=O)c2cccc(Br)c2)n1. The second kappa shape index (κ2) is 6.27. The van der Waals surface area contributed by atoms with E-state index in [0.29, 0.717) is 17.1 Å². The van der Waals surface area contributed by atoms with Gasteiger partial charge in [0.25, 0.3) is 5.91 Å². The van der Waals surface area contributed by atoms with E-state index in [4.69, 9.17) is 5.73 Å². The lowest BCUT2D eigenvalue weighted by Crippen LogP contribution is -2.18. The zero-order valence-electron chi connectivity index (χ0n) is 10.4. The van der Waals surface area contributed by atoms with Crippen LogP contribution < -0.4 is 11.1 Å². The van der Waals surface area contributed by atoms with Gasteiger partial charge in [0.05, 0.1) is 5.69 Å². The van der Waals surface area contributed by atoms with E-state index in [2.05, 4.69) is 26.2 Å². The Labute approximate surface area is 124 Å². The molecule has 2 rings (SSSR count). The highest BCUT2D eigenvalue weighted by Gasteiger charge is 2.10. The molecule has 6 heteroatoms. The van der Waals surface area contributed by atoms with Gasteiger partial charge in [-0.15, -0.1) is 11.3 Å². The van der Waals surface area contributed by atoms with Crippen LogP contribution in [0.3, 0.4) is 0 Å². The fourth-order valence-electron chi connectivity index (χ4n) is 1.59. The van der Waals surface area contributed by atoms with Gasteiger partial charge in [0.2, 0.25) is 0 Å². The number of carbonyl (C=O) groups excluding carboxylic acids is 1. The van der Waals surface area contributed by atoms with Crippen LogP contribution in [0.25, 0.3) is 0 Å². The molecule has 1 aromatic carbocycles. The van der Waals surface area contributed by atoms with Gasteiger partial charge in [0, 0.05) is 27.9 Å². The van der Waals surface area contributed by atoms with Crippen LogP contribution in [-0.4, -0.2) is 16.9 Å². The Balaban J connectivity index is 2.05. The lowest BCUT2D eigenvalue weighted by atomic mass is 10.2. The zero-order valence-corrected chi connectivity index (χ0v) is 12.8. The predicted molar refractivity (Wildman–Crippen MR) is 81.6 cm³/mol. The summed E-state index contributed by atoms with van der Waals surface area (Å²) >= 11 is 4.75. The molecule has 1 aromatic heterocycles. The van der Waals surface area contributed by atoms with E-state index < -0.39 is 0 Å². The van der Waals surface area contributed by atoms with Crippen molar-refractivity contribution in [3.63, 3.8) is 0 Å². The Morgan fingerprint density at radius 3 is 3.05 bits per heavy atom. The minimum atomic E-state index is -0.164. The van der Waals surface area contributed by atoms with Gasteiger partial charge in [-0.2, -0.15) is 0 Å². The van der Waals surface area contributed by atoms with Gasteiger partial charge < -0.3 is 5.73 Å². The normalized spacial score (nSPS) is 12.2. The second-order valence-electron chi connectivity index (χ2n) is 4.29. The molecule has 0 aliphatic heterocycles. The molecule has 0 saturated carbocycles. The van der Waals surface area contributed by atoms with Crippen molar-refractivity contribution in [3.05, 3.63) is 45.4 Å². The van der Waals surface area contributed by atoms with Crippen LogP contribution in [0.2, 0.25) is 0 Å². The summed E-state index contributed by atoms with van der Waals surface area (Å²) in [4.78, 5) is 16.3. The minimum absolute atomic E-state index is 0.0655. The van der Waals surface area contributed by atoms with Gasteiger partial charge >= 0.3 is 0 Å². The average Bonchev–Trinajstić information content (AvgIpc) is 2.75. The molecule has 0 fully saturated rings. The van der Waals surface area contributed by atoms with E-state index >= 15 is 0 Å². The maximum Gasteiger partial charge on any atom is 0.257 e. The number of hydrogen-bond acceptors (Lipinski definition) is 4. The highest BCUT2D eigenvalue weighted by Crippen LogP contribution is 2.18. The Hall–Kier alpha value is -1.24. The molecule has 0 saturated heterocycles. The van der Waals surface area contributed by atoms with Crippen molar-refractivity contribution in [2.45, 2.75) is 19.4 Å². The number of carbonyl (C=O) groups is 1. The minimum Gasteiger partial charge on any atom is -0.328 e. The lowest BCUT2D eigenvalue weighted by molar-refractivity contribution is 0.102. The van der Waals surface area contributed by atoms with Crippen molar-refractivity contribution in [1.82, 2.24) is 4.98 Å². The summed E-state index contributed by atoms with van der Waals surface area (Å²) in [5.41, 5.74) is 7.22. The maximum absolute atomic E-state index is 12.0. The molecule has 0 bridgehead atoms. The Bertz CT molecular complexity index is 583. The second-order valence-corrected chi connectivity index (χ2v) is 6.06. The first-order valence-corrected chi connectivity index (χ1v) is 7.49. The highest BCUT2D eigenvalue weighted by molar-refractivity contribution is 9.10. The van der Waals surface area contributed by atoms with Crippen molar-refractivity contribution in [2.24, 2.45) is 5.73 Å². The summed E-state index contributed by atoms with van der Waals surface area (Å²) in [6.07, 6.45) is 0.712. The quantitative estimate of drug-likeness (QED) is 0.899. The van der Waals surface area contributed by atoms with E-state index in [1.54, 1.807) is 12.1 Å². The summed E-state index contributed by atoms with van der Waals surface area (Å²) in [7, 11) is 0. The average molecular weight is 340 g/mol. The van der Waals surface area contributed by atoms with Crippen LogP contribution in [0.5, 0.6) is 0 Å². The molecule has 0 spiro atoms. The van der Waals surface area contributed by atoms with Crippen LogP contribution in [0.1, 0.15) is 23.0 Å². The summed E-state index contributed by atoms with van der Waals surface area (Å²) in [6.45, 7) is 1.93. The van der Waals surface area contributed by atoms with Crippen LogP contribution >= 0.6 is 27.3 Å². The van der Waals surface area contributed by atoms with Crippen molar-refractivity contribution in [1.29, 1.82) is 0 Å². The monoisotopic (exact) mass is 339 g/mol. The Kier molecular flexibility index (Phi) is 4.68. The standard InChI is InChI=1S/C13H14BrN3OS/c1-8(15)5-11-7-19-13(16-11)17-12(18)9-3-2-4-10(14)6-9/h2-4,6-8H,5,15H2,1H3,(H,16,17,18). The molecule has 0 radical (unpaired) electrons. The molecule has 0 aliphatic carbocycles. The van der Waals surface area contributed by atoms with Crippen LogP contribution in [0, 0.1) is 0 Å². The third-order valence-corrected chi connectivity index (χ3v) is 3.69. The van der Waals surface area contributed by atoms with Crippen LogP contribution in [-0.2, 0) is 6.42 Å². The van der Waals surface area contributed by atoms with Crippen molar-refractivity contribution in [2.75, 3.05) is 5.32 Å². The summed E-state index contributed by atoms with van der Waals surface area (Å²) in [5.74, 6) is -0.164. The molecule has 1 unspecified atom stereocenters. The van der Waals surface area contributed by atoms with Crippen LogP contribution in [0.4, 0.5) is 5.13 Å². The lowest BCUT2D eigenvalue weighted by Gasteiger charge is -2.02. The molecular weight excluding hydrogens is 326 g/mol. The number of amides is 1. The predicted octanol–water partition coefficient (Wildman–Crippen LogP) is 3.05. The van der Waals surface area contributed by atoms with E-state index in [-0.39, 0.29) is 11.9 Å². The number of thiazole rings is 1. The molecule has 0 aliphatic rings. The fourth-order valence-corrected chi connectivity index (χ4v) is 2.70. The molecule has 4 nitrogen and oxygen atoms in total. The Morgan fingerprint density at radius 2 is 2.37 bits per heavy atom. The number of benzene rings is 1. The topological polar surface area (TPSA) is 68.0 Å². The molecule has 3 N–H and O–H groups in total. The largest absolute Gasteiger partial charge is 0.328 e. The molecule has 1 atom stereocenters.